The van der Waals surface area contributed by atoms with E-state index in [1.54, 1.807) is 6.20 Å². The number of benzene rings is 1. The molecule has 0 spiro atoms. The van der Waals surface area contributed by atoms with E-state index in [1.807, 2.05) is 6.07 Å². The Kier molecular flexibility index (Phi) is 6.14. The van der Waals surface area contributed by atoms with Gasteiger partial charge < -0.3 is 10.6 Å². The van der Waals surface area contributed by atoms with Gasteiger partial charge in [-0.1, -0.05) is 17.9 Å². The van der Waals surface area contributed by atoms with Gasteiger partial charge in [-0.05, 0) is 37.1 Å². The quantitative estimate of drug-likeness (QED) is 0.773. The Labute approximate surface area is 160 Å². The van der Waals surface area contributed by atoms with Crippen LogP contribution in [0, 0.1) is 11.8 Å². The summed E-state index contributed by atoms with van der Waals surface area (Å²) < 4.78 is 37.9. The summed E-state index contributed by atoms with van der Waals surface area (Å²) in [6.07, 6.45) is 0.179. The minimum Gasteiger partial charge on any atom is -0.338 e. The minimum atomic E-state index is -4.41. The monoisotopic (exact) mass is 388 g/mol. The molecule has 1 saturated carbocycles. The lowest BCUT2D eigenvalue weighted by atomic mass is 10.1. The maximum atomic E-state index is 12.6. The molecule has 1 aliphatic carbocycles. The second-order valence-electron chi connectivity index (χ2n) is 6.41. The summed E-state index contributed by atoms with van der Waals surface area (Å²) >= 11 is 0. The van der Waals surface area contributed by atoms with Crippen LogP contribution in [-0.2, 0) is 12.6 Å². The molecule has 0 atom stereocenters. The van der Waals surface area contributed by atoms with Gasteiger partial charge in [0.25, 0.3) is 0 Å². The van der Waals surface area contributed by atoms with Gasteiger partial charge in [-0.2, -0.15) is 13.2 Å². The Balaban J connectivity index is 1.39. The molecular weight excluding hydrogens is 369 g/mol. The third-order valence-electron chi connectivity index (χ3n) is 4.12. The van der Waals surface area contributed by atoms with Crippen molar-refractivity contribution < 1.29 is 18.0 Å². The van der Waals surface area contributed by atoms with Crippen LogP contribution in [0.15, 0.2) is 36.5 Å². The summed E-state index contributed by atoms with van der Waals surface area (Å²) in [7, 11) is 0. The molecule has 2 amide bonds. The molecule has 8 heteroatoms. The third-order valence-corrected chi connectivity index (χ3v) is 4.12. The van der Waals surface area contributed by atoms with E-state index in [9.17, 15) is 18.0 Å². The molecule has 1 aromatic heterocycles. The first kappa shape index (κ1) is 19.7. The zero-order valence-corrected chi connectivity index (χ0v) is 15.0. The van der Waals surface area contributed by atoms with E-state index in [0.717, 1.165) is 17.8 Å². The van der Waals surface area contributed by atoms with Crippen LogP contribution in [0.4, 0.5) is 18.0 Å². The van der Waals surface area contributed by atoms with E-state index in [1.165, 1.54) is 25.0 Å². The molecule has 2 N–H and O–H groups in total. The number of hydrogen-bond acceptors (Lipinski definition) is 3. The van der Waals surface area contributed by atoms with Crippen molar-refractivity contribution in [3.05, 3.63) is 59.2 Å². The Morgan fingerprint density at radius 1 is 1.21 bits per heavy atom. The zero-order valence-electron chi connectivity index (χ0n) is 15.0. The van der Waals surface area contributed by atoms with Gasteiger partial charge in [0.05, 0.1) is 12.1 Å². The van der Waals surface area contributed by atoms with Gasteiger partial charge in [0.1, 0.15) is 5.82 Å². The molecular formula is C20H19F3N4O. The molecule has 28 heavy (non-hydrogen) atoms. The molecule has 0 bridgehead atoms. The topological polar surface area (TPSA) is 66.9 Å². The lowest BCUT2D eigenvalue weighted by Gasteiger charge is -2.06. The molecule has 1 aromatic carbocycles. The van der Waals surface area contributed by atoms with Crippen molar-refractivity contribution >= 4 is 6.03 Å². The highest BCUT2D eigenvalue weighted by molar-refractivity contribution is 5.74. The largest absolute Gasteiger partial charge is 0.416 e. The standard InChI is InChI=1S/C20H19F3N4O/c21-20(22,23)16-5-1-3-14(13-16)4-2-10-25-19(28)26-12-9-18-24-11-8-17(27-18)15-6-7-15/h1,3,5,8,11,13,15H,6-7,9-10,12H2,(H2,25,26,28). The maximum Gasteiger partial charge on any atom is 0.416 e. The fourth-order valence-electron chi connectivity index (χ4n) is 2.54. The second-order valence-corrected chi connectivity index (χ2v) is 6.41. The molecule has 0 unspecified atom stereocenters. The average molecular weight is 388 g/mol. The smallest absolute Gasteiger partial charge is 0.338 e. The summed E-state index contributed by atoms with van der Waals surface area (Å²) in [6.45, 7) is 0.400. The van der Waals surface area contributed by atoms with Crippen molar-refractivity contribution in [2.45, 2.75) is 31.4 Å². The van der Waals surface area contributed by atoms with Gasteiger partial charge in [-0.15, -0.1) is 0 Å². The first-order valence-corrected chi connectivity index (χ1v) is 8.91. The van der Waals surface area contributed by atoms with Gasteiger partial charge in [0.2, 0.25) is 0 Å². The number of rotatable bonds is 5. The van der Waals surface area contributed by atoms with E-state index in [-0.39, 0.29) is 12.1 Å². The van der Waals surface area contributed by atoms with Crippen LogP contribution in [0.5, 0.6) is 0 Å². The zero-order chi connectivity index (χ0) is 20.0. The van der Waals surface area contributed by atoms with Crippen molar-refractivity contribution in [3.63, 3.8) is 0 Å². The number of carbonyl (C=O) groups excluding carboxylic acids is 1. The highest BCUT2D eigenvalue weighted by Gasteiger charge is 2.30. The molecule has 0 aliphatic heterocycles. The summed E-state index contributed by atoms with van der Waals surface area (Å²) in [6, 6.07) is 6.26. The van der Waals surface area contributed by atoms with E-state index in [2.05, 4.69) is 32.4 Å². The van der Waals surface area contributed by atoms with Crippen LogP contribution < -0.4 is 10.6 Å². The van der Waals surface area contributed by atoms with Crippen LogP contribution in [0.2, 0.25) is 0 Å². The Hall–Kier alpha value is -3.08. The van der Waals surface area contributed by atoms with E-state index < -0.39 is 17.8 Å². The third kappa shape index (κ3) is 5.98. The van der Waals surface area contributed by atoms with Crippen LogP contribution >= 0.6 is 0 Å². The summed E-state index contributed by atoms with van der Waals surface area (Å²) in [5.74, 6) is 6.48. The normalized spacial score (nSPS) is 13.4. The highest BCUT2D eigenvalue weighted by atomic mass is 19.4. The van der Waals surface area contributed by atoms with Crippen LogP contribution in [-0.4, -0.2) is 29.1 Å². The van der Waals surface area contributed by atoms with Gasteiger partial charge in [0.15, 0.2) is 0 Å². The Morgan fingerprint density at radius 2 is 2.04 bits per heavy atom. The van der Waals surface area contributed by atoms with Gasteiger partial charge in [0, 0.05) is 36.3 Å². The molecule has 146 valence electrons. The fourth-order valence-corrected chi connectivity index (χ4v) is 2.54. The number of hydrogen-bond donors (Lipinski definition) is 2. The number of nitrogens with one attached hydrogen (secondary N) is 2. The van der Waals surface area contributed by atoms with Crippen LogP contribution in [0.25, 0.3) is 0 Å². The molecule has 3 rings (SSSR count). The first-order valence-electron chi connectivity index (χ1n) is 8.91. The summed E-state index contributed by atoms with van der Waals surface area (Å²) in [4.78, 5) is 20.4. The number of halogens is 3. The van der Waals surface area contributed by atoms with Gasteiger partial charge in [-0.25, -0.2) is 14.8 Å². The number of carbonyl (C=O) groups is 1. The van der Waals surface area contributed by atoms with E-state index >= 15 is 0 Å². The van der Waals surface area contributed by atoms with Crippen molar-refractivity contribution in [2.24, 2.45) is 0 Å². The molecule has 1 aliphatic rings. The number of urea groups is 1. The fraction of sp³-hybridized carbons (Fsp3) is 0.350. The number of nitrogens with zero attached hydrogens (tertiary/aromatic N) is 2. The highest BCUT2D eigenvalue weighted by Crippen LogP contribution is 2.38. The predicted octanol–water partition coefficient (Wildman–Crippen LogP) is 3.27. The Bertz CT molecular complexity index is 898. The van der Waals surface area contributed by atoms with Crippen molar-refractivity contribution in [3.8, 4) is 11.8 Å². The maximum absolute atomic E-state index is 12.6. The second kappa shape index (κ2) is 8.74. The molecule has 0 saturated heterocycles. The predicted molar refractivity (Wildman–Crippen MR) is 97.4 cm³/mol. The number of amides is 2. The van der Waals surface area contributed by atoms with Crippen molar-refractivity contribution in [1.82, 2.24) is 20.6 Å². The average Bonchev–Trinajstić information content (AvgIpc) is 3.50. The lowest BCUT2D eigenvalue weighted by Crippen LogP contribution is -2.36. The lowest BCUT2D eigenvalue weighted by molar-refractivity contribution is -0.137. The molecule has 2 aromatic rings. The van der Waals surface area contributed by atoms with Crippen molar-refractivity contribution in [1.29, 1.82) is 0 Å². The van der Waals surface area contributed by atoms with E-state index in [0.29, 0.717) is 24.7 Å². The molecule has 5 nitrogen and oxygen atoms in total. The molecule has 1 heterocycles. The van der Waals surface area contributed by atoms with Gasteiger partial charge >= 0.3 is 12.2 Å². The van der Waals surface area contributed by atoms with E-state index in [4.69, 9.17) is 0 Å². The number of alkyl halides is 3. The first-order chi connectivity index (χ1) is 13.4. The summed E-state index contributed by atoms with van der Waals surface area (Å²) in [5.41, 5.74) is 0.544. The number of aromatic nitrogens is 2. The summed E-state index contributed by atoms with van der Waals surface area (Å²) in [5, 5.41) is 5.21. The molecule has 0 radical (unpaired) electrons. The minimum absolute atomic E-state index is 0.0236. The Morgan fingerprint density at radius 3 is 2.79 bits per heavy atom. The van der Waals surface area contributed by atoms with Crippen molar-refractivity contribution in [2.75, 3.05) is 13.1 Å². The molecule has 1 fully saturated rings. The van der Waals surface area contributed by atoms with Crippen LogP contribution in [0.1, 0.15) is 41.4 Å². The van der Waals surface area contributed by atoms with Crippen LogP contribution in [0.3, 0.4) is 0 Å². The SMILES string of the molecule is O=C(NCC#Cc1cccc(C(F)(F)F)c1)NCCc1nccc(C2CC2)n1. The van der Waals surface area contributed by atoms with Gasteiger partial charge in [-0.3, -0.25) is 0 Å².